The van der Waals surface area contributed by atoms with Crippen LogP contribution in [0.2, 0.25) is 0 Å². The van der Waals surface area contributed by atoms with Crippen molar-refractivity contribution in [1.82, 2.24) is 4.98 Å². The fourth-order valence-electron chi connectivity index (χ4n) is 1.68. The van der Waals surface area contributed by atoms with Gasteiger partial charge in [-0.15, -0.1) is 11.3 Å². The molecule has 3 nitrogen and oxygen atoms in total. The normalized spacial score (nSPS) is 12.3. The van der Waals surface area contributed by atoms with Gasteiger partial charge in [-0.25, -0.2) is 0 Å². The maximum Gasteiger partial charge on any atom is 0.124 e. The van der Waals surface area contributed by atoms with Gasteiger partial charge in [-0.3, -0.25) is 4.98 Å². The Labute approximate surface area is 112 Å². The molecule has 0 radical (unpaired) electrons. The minimum Gasteiger partial charge on any atom is -0.488 e. The summed E-state index contributed by atoms with van der Waals surface area (Å²) in [6.07, 6.45) is 3.72. The van der Waals surface area contributed by atoms with Crippen LogP contribution in [0.25, 0.3) is 0 Å². The molecule has 2 N–H and O–H groups in total. The average Bonchev–Trinajstić information content (AvgIpc) is 2.90. The van der Waals surface area contributed by atoms with E-state index < -0.39 is 0 Å². The number of rotatable bonds is 6. The fourth-order valence-corrected chi connectivity index (χ4v) is 2.18. The highest BCUT2D eigenvalue weighted by Crippen LogP contribution is 2.17. The zero-order valence-corrected chi connectivity index (χ0v) is 11.3. The molecule has 0 saturated carbocycles. The van der Waals surface area contributed by atoms with Gasteiger partial charge in [0.2, 0.25) is 0 Å². The van der Waals surface area contributed by atoms with Crippen LogP contribution in [0.15, 0.2) is 36.0 Å². The zero-order chi connectivity index (χ0) is 12.8. The van der Waals surface area contributed by atoms with E-state index in [1.54, 1.807) is 11.3 Å². The third-order valence-corrected chi connectivity index (χ3v) is 3.54. The summed E-state index contributed by atoms with van der Waals surface area (Å²) in [5, 5.41) is 0. The molecule has 1 heterocycles. The van der Waals surface area contributed by atoms with Crippen LogP contribution >= 0.6 is 11.3 Å². The van der Waals surface area contributed by atoms with Crippen molar-refractivity contribution < 1.29 is 4.74 Å². The highest BCUT2D eigenvalue weighted by molar-refractivity contribution is 7.09. The highest BCUT2D eigenvalue weighted by Gasteiger charge is 2.03. The van der Waals surface area contributed by atoms with E-state index in [4.69, 9.17) is 10.5 Å². The second kappa shape index (κ2) is 6.52. The minimum atomic E-state index is 0.224. The van der Waals surface area contributed by atoms with E-state index in [2.05, 4.69) is 24.0 Å². The lowest BCUT2D eigenvalue weighted by Gasteiger charge is -2.10. The van der Waals surface area contributed by atoms with Gasteiger partial charge in [-0.2, -0.15) is 0 Å². The molecular weight excluding hydrogens is 244 g/mol. The SMILES string of the molecule is CCC(N)Cc1cccc(OCc2cncs2)c1. The van der Waals surface area contributed by atoms with Crippen molar-refractivity contribution in [2.24, 2.45) is 5.73 Å². The Balaban J connectivity index is 1.94. The molecule has 18 heavy (non-hydrogen) atoms. The lowest BCUT2D eigenvalue weighted by Crippen LogP contribution is -2.21. The van der Waals surface area contributed by atoms with Gasteiger partial charge in [0, 0.05) is 12.2 Å². The van der Waals surface area contributed by atoms with Gasteiger partial charge in [0.25, 0.3) is 0 Å². The molecule has 1 unspecified atom stereocenters. The first-order valence-corrected chi connectivity index (χ1v) is 7.00. The van der Waals surface area contributed by atoms with Crippen LogP contribution in [0.3, 0.4) is 0 Å². The van der Waals surface area contributed by atoms with Crippen LogP contribution in [0.4, 0.5) is 0 Å². The van der Waals surface area contributed by atoms with Crippen molar-refractivity contribution in [2.75, 3.05) is 0 Å². The number of hydrogen-bond acceptors (Lipinski definition) is 4. The molecule has 0 fully saturated rings. The molecule has 0 bridgehead atoms. The maximum atomic E-state index is 5.96. The Morgan fingerprint density at radius 2 is 2.33 bits per heavy atom. The molecule has 96 valence electrons. The summed E-state index contributed by atoms with van der Waals surface area (Å²) in [5.41, 5.74) is 9.00. The Bertz CT molecular complexity index is 470. The molecule has 2 rings (SSSR count). The van der Waals surface area contributed by atoms with E-state index in [1.165, 1.54) is 5.56 Å². The average molecular weight is 262 g/mol. The van der Waals surface area contributed by atoms with Crippen molar-refractivity contribution in [2.45, 2.75) is 32.4 Å². The van der Waals surface area contributed by atoms with E-state index in [-0.39, 0.29) is 6.04 Å². The molecule has 2 aromatic rings. The lowest BCUT2D eigenvalue weighted by molar-refractivity contribution is 0.309. The van der Waals surface area contributed by atoms with Crippen molar-refractivity contribution in [3.63, 3.8) is 0 Å². The van der Waals surface area contributed by atoms with Crippen molar-refractivity contribution in [3.05, 3.63) is 46.4 Å². The molecule has 0 saturated heterocycles. The number of nitrogens with zero attached hydrogens (tertiary/aromatic N) is 1. The van der Waals surface area contributed by atoms with Gasteiger partial charge in [-0.05, 0) is 30.5 Å². The van der Waals surface area contributed by atoms with Crippen molar-refractivity contribution in [1.29, 1.82) is 0 Å². The van der Waals surface area contributed by atoms with Gasteiger partial charge in [0.05, 0.1) is 10.4 Å². The number of hydrogen-bond donors (Lipinski definition) is 1. The van der Waals surface area contributed by atoms with Crippen LogP contribution in [-0.4, -0.2) is 11.0 Å². The van der Waals surface area contributed by atoms with Crippen LogP contribution in [0.1, 0.15) is 23.8 Å². The fraction of sp³-hybridized carbons (Fsp3) is 0.357. The molecule has 0 aliphatic heterocycles. The Morgan fingerprint density at radius 1 is 1.44 bits per heavy atom. The Kier molecular flexibility index (Phi) is 4.73. The predicted molar refractivity (Wildman–Crippen MR) is 74.9 cm³/mol. The summed E-state index contributed by atoms with van der Waals surface area (Å²) >= 11 is 1.60. The van der Waals surface area contributed by atoms with E-state index in [1.807, 2.05) is 23.8 Å². The smallest absolute Gasteiger partial charge is 0.124 e. The first-order valence-electron chi connectivity index (χ1n) is 6.12. The van der Waals surface area contributed by atoms with Gasteiger partial charge in [0.15, 0.2) is 0 Å². The van der Waals surface area contributed by atoms with E-state index in [0.717, 1.165) is 23.5 Å². The summed E-state index contributed by atoms with van der Waals surface area (Å²) < 4.78 is 5.74. The van der Waals surface area contributed by atoms with Crippen LogP contribution in [-0.2, 0) is 13.0 Å². The summed E-state index contributed by atoms with van der Waals surface area (Å²) in [6.45, 7) is 2.68. The first-order chi connectivity index (χ1) is 8.78. The number of aromatic nitrogens is 1. The third-order valence-electron chi connectivity index (χ3n) is 2.79. The van der Waals surface area contributed by atoms with Gasteiger partial charge >= 0.3 is 0 Å². The van der Waals surface area contributed by atoms with Crippen molar-refractivity contribution in [3.8, 4) is 5.75 Å². The van der Waals surface area contributed by atoms with E-state index in [9.17, 15) is 0 Å². The summed E-state index contributed by atoms with van der Waals surface area (Å²) in [5.74, 6) is 0.893. The number of nitrogens with two attached hydrogens (primary N) is 1. The van der Waals surface area contributed by atoms with Gasteiger partial charge < -0.3 is 10.5 Å². The summed E-state index contributed by atoms with van der Waals surface area (Å²) in [4.78, 5) is 5.15. The standard InChI is InChI=1S/C14H18N2OS/c1-2-12(15)6-11-4-3-5-13(7-11)17-9-14-8-16-10-18-14/h3-5,7-8,10,12H,2,6,9,15H2,1H3. The monoisotopic (exact) mass is 262 g/mol. The maximum absolute atomic E-state index is 5.96. The van der Waals surface area contributed by atoms with E-state index >= 15 is 0 Å². The topological polar surface area (TPSA) is 48.1 Å². The lowest BCUT2D eigenvalue weighted by atomic mass is 10.0. The zero-order valence-electron chi connectivity index (χ0n) is 10.5. The first kappa shape index (κ1) is 13.1. The minimum absolute atomic E-state index is 0.224. The van der Waals surface area contributed by atoms with Crippen LogP contribution < -0.4 is 10.5 Å². The molecule has 0 amide bonds. The molecular formula is C14H18N2OS. The quantitative estimate of drug-likeness (QED) is 0.870. The van der Waals surface area contributed by atoms with Gasteiger partial charge in [0.1, 0.15) is 12.4 Å². The second-order valence-electron chi connectivity index (χ2n) is 4.28. The Hall–Kier alpha value is -1.39. The van der Waals surface area contributed by atoms with Crippen LogP contribution in [0.5, 0.6) is 5.75 Å². The third kappa shape index (κ3) is 3.82. The predicted octanol–water partition coefficient (Wildman–Crippen LogP) is 3.00. The largest absolute Gasteiger partial charge is 0.488 e. The second-order valence-corrected chi connectivity index (χ2v) is 5.25. The molecule has 1 atom stereocenters. The molecule has 4 heteroatoms. The Morgan fingerprint density at radius 3 is 3.06 bits per heavy atom. The van der Waals surface area contributed by atoms with Gasteiger partial charge in [-0.1, -0.05) is 19.1 Å². The van der Waals surface area contributed by atoms with E-state index in [0.29, 0.717) is 6.61 Å². The highest BCUT2D eigenvalue weighted by atomic mass is 32.1. The molecule has 1 aromatic carbocycles. The summed E-state index contributed by atoms with van der Waals surface area (Å²) in [7, 11) is 0. The van der Waals surface area contributed by atoms with Crippen molar-refractivity contribution >= 4 is 11.3 Å². The number of benzene rings is 1. The summed E-state index contributed by atoms with van der Waals surface area (Å²) in [6, 6.07) is 8.37. The number of thiazole rings is 1. The van der Waals surface area contributed by atoms with Crippen LogP contribution in [0, 0.1) is 0 Å². The molecule has 0 spiro atoms. The molecule has 0 aliphatic carbocycles. The molecule has 0 aliphatic rings. The molecule has 1 aromatic heterocycles. The number of ether oxygens (including phenoxy) is 1.